The van der Waals surface area contributed by atoms with Crippen LogP contribution in [0.15, 0.2) is 67.0 Å². The molecule has 33 heavy (non-hydrogen) atoms. The Hall–Kier alpha value is -3.58. The lowest BCUT2D eigenvalue weighted by atomic mass is 10.1. The van der Waals surface area contributed by atoms with Gasteiger partial charge in [-0.2, -0.15) is 0 Å². The number of methoxy groups -OCH3 is 2. The third kappa shape index (κ3) is 5.62. The van der Waals surface area contributed by atoms with Gasteiger partial charge in [0.2, 0.25) is 0 Å². The average Bonchev–Trinajstić information content (AvgIpc) is 3.38. The number of hydrogen-bond acceptors (Lipinski definition) is 6. The maximum atomic E-state index is 13.5. The monoisotopic (exact) mass is 448 g/mol. The molecule has 1 amide bonds. The van der Waals surface area contributed by atoms with E-state index in [0.717, 1.165) is 17.5 Å². The Kier molecular flexibility index (Phi) is 7.42. The van der Waals surface area contributed by atoms with Crippen molar-refractivity contribution < 1.29 is 23.7 Å². The molecule has 1 saturated heterocycles. The molecule has 0 N–H and O–H groups in total. The van der Waals surface area contributed by atoms with Gasteiger partial charge in [0.05, 0.1) is 33.0 Å². The number of nitrogens with zero attached hydrogens (tertiary/aromatic N) is 2. The predicted octanol–water partition coefficient (Wildman–Crippen LogP) is 4.11. The van der Waals surface area contributed by atoms with Gasteiger partial charge in [0.25, 0.3) is 5.91 Å². The molecule has 1 fully saturated rings. The summed E-state index contributed by atoms with van der Waals surface area (Å²) in [5, 5.41) is 0. The Morgan fingerprint density at radius 1 is 1.00 bits per heavy atom. The van der Waals surface area contributed by atoms with Gasteiger partial charge in [-0.15, -0.1) is 0 Å². The number of carbonyl (C=O) groups excluding carboxylic acids is 1. The van der Waals surface area contributed by atoms with Crippen molar-refractivity contribution in [2.45, 2.75) is 25.6 Å². The van der Waals surface area contributed by atoms with Gasteiger partial charge in [-0.25, -0.2) is 0 Å². The minimum Gasteiger partial charge on any atom is -0.496 e. The highest BCUT2D eigenvalue weighted by atomic mass is 16.6. The van der Waals surface area contributed by atoms with Gasteiger partial charge in [-0.3, -0.25) is 9.78 Å². The van der Waals surface area contributed by atoms with E-state index < -0.39 is 0 Å². The van der Waals surface area contributed by atoms with Crippen LogP contribution in [0.25, 0.3) is 0 Å². The van der Waals surface area contributed by atoms with Crippen LogP contribution in [0, 0.1) is 0 Å². The third-order valence-electron chi connectivity index (χ3n) is 5.50. The summed E-state index contributed by atoms with van der Waals surface area (Å²) in [7, 11) is 3.18. The van der Waals surface area contributed by atoms with Crippen LogP contribution in [-0.2, 0) is 17.8 Å². The summed E-state index contributed by atoms with van der Waals surface area (Å²) >= 11 is 0. The molecule has 1 aliphatic heterocycles. The zero-order valence-corrected chi connectivity index (χ0v) is 18.9. The molecule has 3 aromatic rings. The molecule has 1 atom stereocenters. The van der Waals surface area contributed by atoms with Crippen LogP contribution in [0.1, 0.15) is 27.9 Å². The van der Waals surface area contributed by atoms with Crippen LogP contribution in [-0.4, -0.2) is 49.3 Å². The first-order valence-corrected chi connectivity index (χ1v) is 10.9. The third-order valence-corrected chi connectivity index (χ3v) is 5.50. The zero-order chi connectivity index (χ0) is 23.0. The summed E-state index contributed by atoms with van der Waals surface area (Å²) in [5.74, 6) is 1.72. The Bertz CT molecular complexity index is 1070. The SMILES string of the molecule is COc1cc(CN(Cc2cccnc2)C(=O)c2ccccc2OC)ccc1OC1CCOC1. The fourth-order valence-electron chi connectivity index (χ4n) is 3.82. The van der Waals surface area contributed by atoms with Crippen molar-refractivity contribution in [3.63, 3.8) is 0 Å². The Balaban J connectivity index is 1.59. The summed E-state index contributed by atoms with van der Waals surface area (Å²) in [6.07, 6.45) is 4.37. The number of pyridine rings is 1. The van der Waals surface area contributed by atoms with Crippen LogP contribution in [0.2, 0.25) is 0 Å². The lowest BCUT2D eigenvalue weighted by molar-refractivity contribution is 0.0726. The van der Waals surface area contributed by atoms with Crippen molar-refractivity contribution in [3.8, 4) is 17.2 Å². The second kappa shape index (κ2) is 10.8. The van der Waals surface area contributed by atoms with Crippen molar-refractivity contribution in [3.05, 3.63) is 83.7 Å². The lowest BCUT2D eigenvalue weighted by Crippen LogP contribution is -2.30. The van der Waals surface area contributed by atoms with Crippen molar-refractivity contribution in [1.29, 1.82) is 0 Å². The number of rotatable bonds is 9. The number of hydrogen-bond donors (Lipinski definition) is 0. The Morgan fingerprint density at radius 2 is 1.82 bits per heavy atom. The topological polar surface area (TPSA) is 70.1 Å². The van der Waals surface area contributed by atoms with E-state index in [-0.39, 0.29) is 12.0 Å². The van der Waals surface area contributed by atoms with Crippen molar-refractivity contribution in [2.75, 3.05) is 27.4 Å². The number of amides is 1. The van der Waals surface area contributed by atoms with Gasteiger partial charge < -0.3 is 23.8 Å². The van der Waals surface area contributed by atoms with Gasteiger partial charge in [0.15, 0.2) is 11.5 Å². The first-order chi connectivity index (χ1) is 16.2. The highest BCUT2D eigenvalue weighted by Gasteiger charge is 2.22. The number of benzene rings is 2. The van der Waals surface area contributed by atoms with E-state index in [2.05, 4.69) is 4.98 Å². The standard InChI is InChI=1S/C26H28N2O5/c1-30-23-8-4-3-7-22(23)26(29)28(17-20-6-5-12-27-15-20)16-19-9-10-24(25(14-19)31-2)33-21-11-13-32-18-21/h3-10,12,14-15,21H,11,13,16-18H2,1-2H3. The van der Waals surface area contributed by atoms with E-state index in [1.54, 1.807) is 43.6 Å². The van der Waals surface area contributed by atoms with E-state index in [1.165, 1.54) is 0 Å². The molecule has 0 saturated carbocycles. The van der Waals surface area contributed by atoms with Gasteiger partial charge in [-0.1, -0.05) is 24.3 Å². The lowest BCUT2D eigenvalue weighted by Gasteiger charge is -2.24. The molecule has 7 heteroatoms. The zero-order valence-electron chi connectivity index (χ0n) is 18.9. The molecule has 0 aliphatic carbocycles. The number of carbonyl (C=O) groups is 1. The predicted molar refractivity (Wildman–Crippen MR) is 124 cm³/mol. The maximum Gasteiger partial charge on any atom is 0.258 e. The molecule has 0 spiro atoms. The van der Waals surface area contributed by atoms with Crippen LogP contribution in [0.5, 0.6) is 17.2 Å². The van der Waals surface area contributed by atoms with E-state index in [9.17, 15) is 4.79 Å². The van der Waals surface area contributed by atoms with E-state index >= 15 is 0 Å². The fraction of sp³-hybridized carbons (Fsp3) is 0.308. The van der Waals surface area contributed by atoms with E-state index in [4.69, 9.17) is 18.9 Å². The normalized spacial score (nSPS) is 15.2. The molecular weight excluding hydrogens is 420 g/mol. The summed E-state index contributed by atoms with van der Waals surface area (Å²) in [5.41, 5.74) is 2.37. The van der Waals surface area contributed by atoms with Crippen molar-refractivity contribution in [2.24, 2.45) is 0 Å². The first-order valence-electron chi connectivity index (χ1n) is 10.9. The van der Waals surface area contributed by atoms with Crippen molar-refractivity contribution >= 4 is 5.91 Å². The van der Waals surface area contributed by atoms with Gasteiger partial charge in [0.1, 0.15) is 11.9 Å². The second-order valence-electron chi connectivity index (χ2n) is 7.81. The summed E-state index contributed by atoms with van der Waals surface area (Å²) < 4.78 is 22.4. The second-order valence-corrected chi connectivity index (χ2v) is 7.81. The van der Waals surface area contributed by atoms with Gasteiger partial charge in [0, 0.05) is 31.9 Å². The molecule has 0 radical (unpaired) electrons. The summed E-state index contributed by atoms with van der Waals surface area (Å²) in [6, 6.07) is 16.8. The quantitative estimate of drug-likeness (QED) is 0.491. The number of para-hydroxylation sites is 1. The Morgan fingerprint density at radius 3 is 2.55 bits per heavy atom. The van der Waals surface area contributed by atoms with Crippen LogP contribution in [0.4, 0.5) is 0 Å². The van der Waals surface area contributed by atoms with Gasteiger partial charge >= 0.3 is 0 Å². The molecule has 1 unspecified atom stereocenters. The molecule has 1 aromatic heterocycles. The minimum absolute atomic E-state index is 0.0268. The molecule has 2 aromatic carbocycles. The highest BCUT2D eigenvalue weighted by Crippen LogP contribution is 2.31. The Labute approximate surface area is 193 Å². The first kappa shape index (κ1) is 22.6. The van der Waals surface area contributed by atoms with Crippen molar-refractivity contribution in [1.82, 2.24) is 9.88 Å². The fourth-order valence-corrected chi connectivity index (χ4v) is 3.82. The molecule has 0 bridgehead atoms. The summed E-state index contributed by atoms with van der Waals surface area (Å²) in [6.45, 7) is 2.08. The molecule has 2 heterocycles. The van der Waals surface area contributed by atoms with E-state index in [0.29, 0.717) is 49.1 Å². The smallest absolute Gasteiger partial charge is 0.258 e. The van der Waals surface area contributed by atoms with Gasteiger partial charge in [-0.05, 0) is 41.5 Å². The van der Waals surface area contributed by atoms with E-state index in [1.807, 2.05) is 42.5 Å². The molecular formula is C26H28N2O5. The summed E-state index contributed by atoms with van der Waals surface area (Å²) in [4.78, 5) is 19.5. The number of ether oxygens (including phenoxy) is 4. The average molecular weight is 449 g/mol. The molecule has 7 nitrogen and oxygen atoms in total. The maximum absolute atomic E-state index is 13.5. The van der Waals surface area contributed by atoms with Crippen LogP contribution >= 0.6 is 0 Å². The highest BCUT2D eigenvalue weighted by molar-refractivity contribution is 5.96. The molecule has 4 rings (SSSR count). The minimum atomic E-state index is -0.126. The van der Waals surface area contributed by atoms with Crippen LogP contribution < -0.4 is 14.2 Å². The number of aromatic nitrogens is 1. The largest absolute Gasteiger partial charge is 0.496 e. The molecule has 172 valence electrons. The molecule has 1 aliphatic rings. The van der Waals surface area contributed by atoms with Crippen LogP contribution in [0.3, 0.4) is 0 Å².